The monoisotopic (exact) mass is 591 g/mol. The van der Waals surface area contributed by atoms with Gasteiger partial charge >= 0.3 is 0 Å². The summed E-state index contributed by atoms with van der Waals surface area (Å²) in [5.74, 6) is 0. The van der Waals surface area contributed by atoms with Crippen molar-refractivity contribution in [3.05, 3.63) is 0 Å². The lowest BCUT2D eigenvalue weighted by atomic mass is 10.0. The van der Waals surface area contributed by atoms with Crippen LogP contribution in [0.5, 0.6) is 0 Å². The second-order valence-electron chi connectivity index (χ2n) is 5.64. The molecule has 0 spiro atoms. The predicted octanol–water partition coefficient (Wildman–Crippen LogP) is 15.1. The van der Waals surface area contributed by atoms with Gasteiger partial charge in [0.15, 0.2) is 0 Å². The maximum atomic E-state index is 4.54. The fraction of sp³-hybridized carbons (Fsp3) is 1.00. The van der Waals surface area contributed by atoms with Gasteiger partial charge in [-0.25, -0.2) is 0 Å². The maximum Gasteiger partial charge on any atom is 0.0433 e. The Balaban J connectivity index is -0.0000000213. The molecular formula is C37H98O3. The molecular weight excluding hydrogens is 492 g/mol. The molecule has 0 aliphatic heterocycles. The Bertz CT molecular complexity index is 96.4. The second kappa shape index (κ2) is 221. The Morgan fingerprint density at radius 2 is 0.325 bits per heavy atom. The molecule has 0 amide bonds. The minimum atomic E-state index is 0.819. The van der Waals surface area contributed by atoms with Crippen molar-refractivity contribution in [2.45, 2.75) is 209 Å². The smallest absolute Gasteiger partial charge is 0.0433 e. The minimum absolute atomic E-state index is 0.819. The minimum Gasteiger partial charge on any atom is -0.388 e. The molecule has 0 atom stereocenters. The quantitative estimate of drug-likeness (QED) is 0.304. The standard InChI is InChI=1S/3C4H8.C3H8O.2C2H6O.9C2H6/c3*1-2-4-3-1;1-3-4-2;2*1-3-2;9*1-2/h3*1-4H2;3H2,1-2H3;2*1-2H3;9*1-2H3. The van der Waals surface area contributed by atoms with Crippen molar-refractivity contribution in [1.82, 2.24) is 0 Å². The van der Waals surface area contributed by atoms with Gasteiger partial charge in [-0.15, -0.1) is 0 Å². The lowest BCUT2D eigenvalue weighted by molar-refractivity contribution is 0.215. The van der Waals surface area contributed by atoms with E-state index in [0.29, 0.717) is 0 Å². The first kappa shape index (κ1) is 77.6. The summed E-state index contributed by atoms with van der Waals surface area (Å²) in [6.45, 7) is 38.8. The van der Waals surface area contributed by atoms with E-state index in [1.54, 1.807) is 35.5 Å². The molecule has 0 aromatic rings. The van der Waals surface area contributed by atoms with E-state index in [-0.39, 0.29) is 0 Å². The topological polar surface area (TPSA) is 27.7 Å². The highest BCUT2D eigenvalue weighted by molar-refractivity contribution is 4.51. The van der Waals surface area contributed by atoms with Crippen LogP contribution in [-0.4, -0.2) is 42.2 Å². The van der Waals surface area contributed by atoms with Crippen LogP contribution in [0, 0.1) is 0 Å². The molecule has 0 radical (unpaired) electrons. The van der Waals surface area contributed by atoms with Crippen LogP contribution in [0.15, 0.2) is 0 Å². The molecule has 0 bridgehead atoms. The summed E-state index contributed by atoms with van der Waals surface area (Å²) in [5, 5.41) is 0. The molecule has 0 aromatic carbocycles. The van der Waals surface area contributed by atoms with Crippen molar-refractivity contribution in [1.29, 1.82) is 0 Å². The van der Waals surface area contributed by atoms with Crippen LogP contribution in [0.1, 0.15) is 209 Å². The molecule has 3 aliphatic carbocycles. The molecule has 3 nitrogen and oxygen atoms in total. The Labute approximate surface area is 264 Å². The van der Waals surface area contributed by atoms with Crippen LogP contribution in [-0.2, 0) is 14.2 Å². The van der Waals surface area contributed by atoms with E-state index >= 15 is 0 Å². The fourth-order valence-electron chi connectivity index (χ4n) is 0.750. The summed E-state index contributed by atoms with van der Waals surface area (Å²) in [6.07, 6.45) is 18.0. The number of methoxy groups -OCH3 is 3. The molecule has 3 rings (SSSR count). The molecule has 3 saturated carbocycles. The molecule has 3 aliphatic rings. The first-order valence-corrected chi connectivity index (χ1v) is 18.0. The van der Waals surface area contributed by atoms with Gasteiger partial charge in [-0.3, -0.25) is 0 Å². The number of ether oxygens (including phenoxy) is 3. The van der Waals surface area contributed by atoms with Gasteiger partial charge in [-0.1, -0.05) is 202 Å². The van der Waals surface area contributed by atoms with Crippen molar-refractivity contribution in [2.24, 2.45) is 0 Å². The van der Waals surface area contributed by atoms with E-state index in [1.807, 2.05) is 132 Å². The van der Waals surface area contributed by atoms with Crippen molar-refractivity contribution in [3.63, 3.8) is 0 Å². The molecule has 0 aromatic heterocycles. The third kappa shape index (κ3) is 311. The summed E-state index contributed by atoms with van der Waals surface area (Å²) in [4.78, 5) is 0. The summed E-state index contributed by atoms with van der Waals surface area (Å²) in [5.41, 5.74) is 0. The van der Waals surface area contributed by atoms with Gasteiger partial charge in [-0.2, -0.15) is 0 Å². The van der Waals surface area contributed by atoms with E-state index < -0.39 is 0 Å². The van der Waals surface area contributed by atoms with E-state index in [2.05, 4.69) is 14.2 Å². The fourth-order valence-corrected chi connectivity index (χ4v) is 0.750. The molecule has 0 unspecified atom stereocenters. The van der Waals surface area contributed by atoms with Gasteiger partial charge in [0.2, 0.25) is 0 Å². The maximum absolute atomic E-state index is 4.54. The van der Waals surface area contributed by atoms with E-state index in [9.17, 15) is 0 Å². The normalized spacial score (nSPS) is 10.2. The highest BCUT2D eigenvalue weighted by Gasteiger charge is 1.96. The molecule has 0 heterocycles. The zero-order valence-corrected chi connectivity index (χ0v) is 34.4. The molecule has 264 valence electrons. The van der Waals surface area contributed by atoms with Gasteiger partial charge < -0.3 is 14.2 Å². The van der Waals surface area contributed by atoms with Crippen molar-refractivity contribution < 1.29 is 14.2 Å². The van der Waals surface area contributed by atoms with Crippen LogP contribution in [0.3, 0.4) is 0 Å². The van der Waals surface area contributed by atoms with E-state index in [4.69, 9.17) is 0 Å². The van der Waals surface area contributed by atoms with Crippen LogP contribution >= 0.6 is 0 Å². The van der Waals surface area contributed by atoms with Crippen LogP contribution in [0.2, 0.25) is 0 Å². The third-order valence-corrected chi connectivity index (χ3v) is 3.29. The second-order valence-corrected chi connectivity index (χ2v) is 5.64. The largest absolute Gasteiger partial charge is 0.388 e. The zero-order valence-electron chi connectivity index (χ0n) is 34.4. The SMILES string of the molecule is C1CCC1.C1CCC1.C1CCC1.CC.CC.CC.CC.CC.CC.CC.CC.CC.CCOC.COC.COC. The number of hydrogen-bond acceptors (Lipinski definition) is 3. The lowest BCUT2D eigenvalue weighted by Gasteiger charge is -2.05. The van der Waals surface area contributed by atoms with Gasteiger partial charge in [0, 0.05) is 42.2 Å². The Morgan fingerprint density at radius 3 is 0.325 bits per heavy atom. The van der Waals surface area contributed by atoms with E-state index in [0.717, 1.165) is 6.61 Å². The summed E-state index contributed by atoms with van der Waals surface area (Å²) in [7, 11) is 8.18. The van der Waals surface area contributed by atoms with Crippen LogP contribution in [0.25, 0.3) is 0 Å². The number of rotatable bonds is 1. The van der Waals surface area contributed by atoms with Gasteiger partial charge in [0.25, 0.3) is 0 Å². The van der Waals surface area contributed by atoms with Gasteiger partial charge in [0.05, 0.1) is 0 Å². The van der Waals surface area contributed by atoms with Crippen molar-refractivity contribution >= 4 is 0 Å². The molecule has 40 heavy (non-hydrogen) atoms. The molecule has 0 N–H and O–H groups in total. The average molecular weight is 591 g/mol. The highest BCUT2D eigenvalue weighted by Crippen LogP contribution is 2.15. The molecule has 3 heteroatoms. The third-order valence-electron chi connectivity index (χ3n) is 3.29. The van der Waals surface area contributed by atoms with Crippen molar-refractivity contribution in [2.75, 3.05) is 42.2 Å². The van der Waals surface area contributed by atoms with Crippen LogP contribution in [0.4, 0.5) is 0 Å². The molecule has 3 fully saturated rings. The Morgan fingerprint density at radius 1 is 0.275 bits per heavy atom. The lowest BCUT2D eigenvalue weighted by Crippen LogP contribution is -1.85. The van der Waals surface area contributed by atoms with Gasteiger partial charge in [-0.05, 0) is 6.92 Å². The average Bonchev–Trinajstić information content (AvgIpc) is 2.96. The summed E-state index contributed by atoms with van der Waals surface area (Å²) < 4.78 is 13.0. The Hall–Kier alpha value is -0.120. The first-order chi connectivity index (χ1) is 19.7. The van der Waals surface area contributed by atoms with Crippen molar-refractivity contribution in [3.8, 4) is 0 Å². The summed E-state index contributed by atoms with van der Waals surface area (Å²) >= 11 is 0. The Kier molecular flexibility index (Phi) is 429. The predicted molar refractivity (Wildman–Crippen MR) is 201 cm³/mol. The summed E-state index contributed by atoms with van der Waals surface area (Å²) in [6, 6.07) is 0. The number of hydrogen-bond donors (Lipinski definition) is 0. The van der Waals surface area contributed by atoms with Crippen LogP contribution < -0.4 is 0 Å². The highest BCUT2D eigenvalue weighted by atomic mass is 16.5. The molecule has 0 saturated heterocycles. The zero-order chi connectivity index (χ0) is 35.3. The van der Waals surface area contributed by atoms with E-state index in [1.165, 1.54) is 77.0 Å². The van der Waals surface area contributed by atoms with Gasteiger partial charge in [0.1, 0.15) is 0 Å². The first-order valence-electron chi connectivity index (χ1n) is 18.0.